The van der Waals surface area contributed by atoms with E-state index >= 15 is 0 Å². The fraction of sp³-hybridized carbons (Fsp3) is 0.619. The lowest BCUT2D eigenvalue weighted by atomic mass is 9.91. The third-order valence-electron chi connectivity index (χ3n) is 5.46. The second-order valence-corrected chi connectivity index (χ2v) is 7.90. The van der Waals surface area contributed by atoms with Gasteiger partial charge < -0.3 is 10.2 Å². The van der Waals surface area contributed by atoms with Crippen molar-refractivity contribution < 1.29 is 9.59 Å². The summed E-state index contributed by atoms with van der Waals surface area (Å²) in [6, 6.07) is 6.06. The second kappa shape index (κ2) is 8.13. The molecule has 25 heavy (non-hydrogen) atoms. The highest BCUT2D eigenvalue weighted by molar-refractivity contribution is 5.98. The minimum atomic E-state index is 0.0893. The van der Waals surface area contributed by atoms with Crippen molar-refractivity contribution in [2.75, 3.05) is 26.2 Å². The third-order valence-corrected chi connectivity index (χ3v) is 5.46. The number of nitrogens with zero attached hydrogens (tertiary/aromatic N) is 1. The van der Waals surface area contributed by atoms with Crippen molar-refractivity contribution >= 4 is 11.7 Å². The first-order chi connectivity index (χ1) is 12.0. The van der Waals surface area contributed by atoms with Gasteiger partial charge >= 0.3 is 0 Å². The van der Waals surface area contributed by atoms with E-state index in [1.165, 1.54) is 17.5 Å². The summed E-state index contributed by atoms with van der Waals surface area (Å²) >= 11 is 0. The number of hydrogen-bond donors (Lipinski definition) is 1. The SMILES string of the molecule is CC1CC(C)CN(C(=O)CCC(=O)c2ccc3c(c2)CCNCC3)C1. The van der Waals surface area contributed by atoms with Crippen LogP contribution in [0.5, 0.6) is 0 Å². The highest BCUT2D eigenvalue weighted by Gasteiger charge is 2.25. The van der Waals surface area contributed by atoms with Gasteiger partial charge in [0.25, 0.3) is 0 Å². The third kappa shape index (κ3) is 4.69. The van der Waals surface area contributed by atoms with Crippen LogP contribution in [-0.4, -0.2) is 42.8 Å². The van der Waals surface area contributed by atoms with Gasteiger partial charge in [-0.2, -0.15) is 0 Å². The van der Waals surface area contributed by atoms with Gasteiger partial charge in [0.1, 0.15) is 0 Å². The van der Waals surface area contributed by atoms with Gasteiger partial charge in [-0.05, 0) is 61.4 Å². The Morgan fingerprint density at radius 3 is 2.44 bits per heavy atom. The Hall–Kier alpha value is -1.68. The van der Waals surface area contributed by atoms with E-state index in [0.29, 0.717) is 24.7 Å². The van der Waals surface area contributed by atoms with Crippen LogP contribution in [0.15, 0.2) is 18.2 Å². The zero-order valence-electron chi connectivity index (χ0n) is 15.5. The first-order valence-electron chi connectivity index (χ1n) is 9.66. The summed E-state index contributed by atoms with van der Waals surface area (Å²) in [4.78, 5) is 27.0. The standard InChI is InChI=1S/C21H30N2O2/c1-15-11-16(2)14-23(13-15)21(25)6-5-20(24)19-4-3-17-7-9-22-10-8-18(17)12-19/h3-4,12,15-16,22H,5-11,13-14H2,1-2H3. The molecule has 3 rings (SSSR count). The predicted molar refractivity (Wildman–Crippen MR) is 99.8 cm³/mol. The minimum absolute atomic E-state index is 0.0893. The molecule has 2 atom stereocenters. The number of piperidine rings is 1. The van der Waals surface area contributed by atoms with Crippen LogP contribution in [0.1, 0.15) is 54.6 Å². The van der Waals surface area contributed by atoms with Gasteiger partial charge in [-0.1, -0.05) is 26.0 Å². The Balaban J connectivity index is 1.57. The van der Waals surface area contributed by atoms with E-state index in [1.807, 2.05) is 17.0 Å². The number of benzene rings is 1. The number of rotatable bonds is 4. The van der Waals surface area contributed by atoms with Gasteiger partial charge in [0.05, 0.1) is 0 Å². The van der Waals surface area contributed by atoms with E-state index < -0.39 is 0 Å². The smallest absolute Gasteiger partial charge is 0.223 e. The molecular weight excluding hydrogens is 312 g/mol. The predicted octanol–water partition coefficient (Wildman–Crippen LogP) is 2.84. The summed E-state index contributed by atoms with van der Waals surface area (Å²) in [5.74, 6) is 1.33. The molecule has 4 nitrogen and oxygen atoms in total. The molecule has 2 aliphatic heterocycles. The minimum Gasteiger partial charge on any atom is -0.342 e. The van der Waals surface area contributed by atoms with Crippen LogP contribution in [0.3, 0.4) is 0 Å². The first-order valence-corrected chi connectivity index (χ1v) is 9.66. The number of likely N-dealkylation sites (tertiary alicyclic amines) is 1. The van der Waals surface area contributed by atoms with E-state index in [4.69, 9.17) is 0 Å². The fourth-order valence-electron chi connectivity index (χ4n) is 4.24. The van der Waals surface area contributed by atoms with Gasteiger partial charge in [-0.15, -0.1) is 0 Å². The van der Waals surface area contributed by atoms with Gasteiger partial charge in [-0.3, -0.25) is 9.59 Å². The number of amides is 1. The van der Waals surface area contributed by atoms with Crippen molar-refractivity contribution in [1.29, 1.82) is 0 Å². The van der Waals surface area contributed by atoms with Crippen molar-refractivity contribution in [3.05, 3.63) is 34.9 Å². The molecule has 1 N–H and O–H groups in total. The van der Waals surface area contributed by atoms with Crippen molar-refractivity contribution in [2.45, 2.75) is 46.0 Å². The van der Waals surface area contributed by atoms with E-state index in [9.17, 15) is 9.59 Å². The number of carbonyl (C=O) groups excluding carboxylic acids is 2. The Labute approximate surface area is 151 Å². The van der Waals surface area contributed by atoms with Gasteiger partial charge in [-0.25, -0.2) is 0 Å². The number of fused-ring (bicyclic) bond motifs is 1. The lowest BCUT2D eigenvalue weighted by molar-refractivity contribution is -0.133. The molecule has 2 aliphatic rings. The summed E-state index contributed by atoms with van der Waals surface area (Å²) in [6.07, 6.45) is 3.82. The topological polar surface area (TPSA) is 49.4 Å². The summed E-state index contributed by atoms with van der Waals surface area (Å²) in [5, 5.41) is 3.39. The zero-order valence-corrected chi connectivity index (χ0v) is 15.5. The molecule has 4 heteroatoms. The van der Waals surface area contributed by atoms with Crippen LogP contribution in [-0.2, 0) is 17.6 Å². The summed E-state index contributed by atoms with van der Waals surface area (Å²) in [7, 11) is 0. The fourth-order valence-corrected chi connectivity index (χ4v) is 4.24. The number of nitrogens with one attached hydrogen (secondary N) is 1. The van der Waals surface area contributed by atoms with Crippen LogP contribution in [0, 0.1) is 11.8 Å². The number of carbonyl (C=O) groups is 2. The number of Topliss-reactive ketones (excluding diaryl/α,β-unsaturated/α-hetero) is 1. The maximum Gasteiger partial charge on any atom is 0.223 e. The Morgan fingerprint density at radius 1 is 1.04 bits per heavy atom. The lowest BCUT2D eigenvalue weighted by Crippen LogP contribution is -2.42. The normalized spacial score (nSPS) is 23.7. The molecule has 1 saturated heterocycles. The maximum absolute atomic E-state index is 12.5. The van der Waals surface area contributed by atoms with Crippen molar-refractivity contribution in [1.82, 2.24) is 10.2 Å². The van der Waals surface area contributed by atoms with E-state index in [1.54, 1.807) is 0 Å². The van der Waals surface area contributed by atoms with Crippen LogP contribution < -0.4 is 5.32 Å². The summed E-state index contributed by atoms with van der Waals surface area (Å²) in [5.41, 5.74) is 3.38. The number of ketones is 1. The number of hydrogen-bond acceptors (Lipinski definition) is 3. The summed E-state index contributed by atoms with van der Waals surface area (Å²) < 4.78 is 0. The van der Waals surface area contributed by atoms with E-state index in [0.717, 1.165) is 44.6 Å². The largest absolute Gasteiger partial charge is 0.342 e. The Bertz CT molecular complexity index is 631. The molecule has 1 aromatic rings. The maximum atomic E-state index is 12.5. The van der Waals surface area contributed by atoms with E-state index in [2.05, 4.69) is 25.2 Å². The quantitative estimate of drug-likeness (QED) is 0.856. The highest BCUT2D eigenvalue weighted by Crippen LogP contribution is 2.22. The molecule has 136 valence electrons. The van der Waals surface area contributed by atoms with Crippen molar-refractivity contribution in [3.63, 3.8) is 0 Å². The Kier molecular flexibility index (Phi) is 5.89. The van der Waals surface area contributed by atoms with E-state index in [-0.39, 0.29) is 11.7 Å². The van der Waals surface area contributed by atoms with Gasteiger partial charge in [0, 0.05) is 31.5 Å². The van der Waals surface area contributed by atoms with Crippen molar-refractivity contribution in [2.24, 2.45) is 11.8 Å². The van der Waals surface area contributed by atoms with Crippen molar-refractivity contribution in [3.8, 4) is 0 Å². The molecule has 2 unspecified atom stereocenters. The Morgan fingerprint density at radius 2 is 1.72 bits per heavy atom. The molecule has 0 aliphatic carbocycles. The molecule has 0 saturated carbocycles. The zero-order chi connectivity index (χ0) is 17.8. The monoisotopic (exact) mass is 342 g/mol. The molecular formula is C21H30N2O2. The van der Waals surface area contributed by atoms with Gasteiger partial charge in [0.15, 0.2) is 5.78 Å². The average Bonchev–Trinajstić information content (AvgIpc) is 2.83. The second-order valence-electron chi connectivity index (χ2n) is 7.90. The first kappa shape index (κ1) is 18.1. The molecule has 0 radical (unpaired) electrons. The molecule has 0 spiro atoms. The molecule has 1 fully saturated rings. The van der Waals surface area contributed by atoms with Crippen LogP contribution in [0.25, 0.3) is 0 Å². The molecule has 2 heterocycles. The molecule has 1 amide bonds. The highest BCUT2D eigenvalue weighted by atomic mass is 16.2. The molecule has 1 aromatic carbocycles. The molecule has 0 aromatic heterocycles. The average molecular weight is 342 g/mol. The summed E-state index contributed by atoms with van der Waals surface area (Å²) in [6.45, 7) is 8.04. The lowest BCUT2D eigenvalue weighted by Gasteiger charge is -2.35. The van der Waals surface area contributed by atoms with Crippen LogP contribution in [0.2, 0.25) is 0 Å². The van der Waals surface area contributed by atoms with Gasteiger partial charge in [0.2, 0.25) is 5.91 Å². The molecule has 0 bridgehead atoms. The van der Waals surface area contributed by atoms with Crippen LogP contribution in [0.4, 0.5) is 0 Å². The van der Waals surface area contributed by atoms with Crippen LogP contribution >= 0.6 is 0 Å².